The molecular formula is C21H27N3O5. The molecule has 156 valence electrons. The molecule has 3 heterocycles. The molecule has 0 spiro atoms. The van der Waals surface area contributed by atoms with Crippen LogP contribution in [0.3, 0.4) is 0 Å². The number of nitrogens with zero attached hydrogens (tertiary/aromatic N) is 3. The van der Waals surface area contributed by atoms with Crippen LogP contribution in [0.4, 0.5) is 0 Å². The van der Waals surface area contributed by atoms with Gasteiger partial charge in [-0.05, 0) is 45.2 Å². The number of hydrogen-bond acceptors (Lipinski definition) is 5. The lowest BCUT2D eigenvalue weighted by Crippen LogP contribution is -2.46. The number of hydrogen-bond donors (Lipinski definition) is 1. The van der Waals surface area contributed by atoms with E-state index in [1.165, 1.54) is 6.92 Å². The molecule has 0 unspecified atom stereocenters. The third-order valence-electron chi connectivity index (χ3n) is 5.80. The van der Waals surface area contributed by atoms with E-state index in [0.717, 1.165) is 0 Å². The predicted molar refractivity (Wildman–Crippen MR) is 106 cm³/mol. The number of piperidine rings is 1. The fourth-order valence-corrected chi connectivity index (χ4v) is 4.05. The molecular weight excluding hydrogens is 374 g/mol. The van der Waals surface area contributed by atoms with Gasteiger partial charge in [0.1, 0.15) is 5.69 Å². The molecule has 0 bridgehead atoms. The Balaban J connectivity index is 1.80. The van der Waals surface area contributed by atoms with Gasteiger partial charge in [-0.15, -0.1) is 0 Å². The SMILES string of the molecule is CCOc1cccn2c(C(=O)CCC3(C(=O)O)CCN(C(C)=O)CC3)c(C)nc12. The second-order valence-electron chi connectivity index (χ2n) is 7.56. The second-order valence-corrected chi connectivity index (χ2v) is 7.56. The van der Waals surface area contributed by atoms with Crippen LogP contribution in [-0.4, -0.2) is 56.7 Å². The Hall–Kier alpha value is -2.90. The number of ketones is 1. The maximum absolute atomic E-state index is 13.0. The van der Waals surface area contributed by atoms with Crippen molar-refractivity contribution in [1.82, 2.24) is 14.3 Å². The van der Waals surface area contributed by atoms with Crippen LogP contribution in [0.2, 0.25) is 0 Å². The van der Waals surface area contributed by atoms with Gasteiger partial charge in [-0.1, -0.05) is 0 Å². The number of Topliss-reactive ketones (excluding diaryl/α,β-unsaturated/α-hetero) is 1. The summed E-state index contributed by atoms with van der Waals surface area (Å²) in [6.07, 6.45) is 2.83. The third kappa shape index (κ3) is 3.97. The van der Waals surface area contributed by atoms with Crippen LogP contribution >= 0.6 is 0 Å². The minimum atomic E-state index is -0.980. The molecule has 1 aliphatic heterocycles. The summed E-state index contributed by atoms with van der Waals surface area (Å²) < 4.78 is 7.31. The van der Waals surface area contributed by atoms with Gasteiger partial charge in [-0.25, -0.2) is 4.98 Å². The number of likely N-dealkylation sites (tertiary alicyclic amines) is 1. The van der Waals surface area contributed by atoms with E-state index in [2.05, 4.69) is 4.98 Å². The molecule has 0 saturated carbocycles. The average molecular weight is 401 g/mol. The van der Waals surface area contributed by atoms with E-state index in [-0.39, 0.29) is 24.5 Å². The summed E-state index contributed by atoms with van der Waals surface area (Å²) in [7, 11) is 0. The summed E-state index contributed by atoms with van der Waals surface area (Å²) in [5, 5.41) is 9.83. The third-order valence-corrected chi connectivity index (χ3v) is 5.80. The number of aryl methyl sites for hydroxylation is 1. The van der Waals surface area contributed by atoms with Crippen LogP contribution in [0.25, 0.3) is 5.65 Å². The van der Waals surface area contributed by atoms with Gasteiger partial charge in [0.2, 0.25) is 5.91 Å². The van der Waals surface area contributed by atoms with Crippen LogP contribution in [0.15, 0.2) is 18.3 Å². The van der Waals surface area contributed by atoms with Gasteiger partial charge in [0.05, 0.1) is 17.7 Å². The van der Waals surface area contributed by atoms with Crippen molar-refractivity contribution in [2.75, 3.05) is 19.7 Å². The summed E-state index contributed by atoms with van der Waals surface area (Å²) in [5.41, 5.74) is 0.658. The quantitative estimate of drug-likeness (QED) is 0.716. The van der Waals surface area contributed by atoms with Crippen molar-refractivity contribution >= 4 is 23.3 Å². The van der Waals surface area contributed by atoms with Crippen molar-refractivity contribution in [3.8, 4) is 5.75 Å². The molecule has 0 aromatic carbocycles. The van der Waals surface area contributed by atoms with Gasteiger partial charge in [-0.3, -0.25) is 18.8 Å². The smallest absolute Gasteiger partial charge is 0.309 e. The number of carbonyl (C=O) groups excluding carboxylic acids is 2. The number of carboxylic acid groups (broad SMARTS) is 1. The Morgan fingerprint density at radius 2 is 1.97 bits per heavy atom. The van der Waals surface area contributed by atoms with E-state index >= 15 is 0 Å². The minimum Gasteiger partial charge on any atom is -0.490 e. The first-order valence-electron chi connectivity index (χ1n) is 9.91. The molecule has 1 fully saturated rings. The largest absolute Gasteiger partial charge is 0.490 e. The summed E-state index contributed by atoms with van der Waals surface area (Å²) >= 11 is 0. The molecule has 1 N–H and O–H groups in total. The lowest BCUT2D eigenvalue weighted by atomic mass is 9.74. The molecule has 8 heteroatoms. The highest BCUT2D eigenvalue weighted by atomic mass is 16.5. The van der Waals surface area contributed by atoms with E-state index in [1.54, 1.807) is 28.5 Å². The monoisotopic (exact) mass is 401 g/mol. The van der Waals surface area contributed by atoms with Crippen molar-refractivity contribution < 1.29 is 24.2 Å². The Kier molecular flexibility index (Phi) is 5.91. The molecule has 2 aromatic heterocycles. The van der Waals surface area contributed by atoms with E-state index in [1.807, 2.05) is 13.0 Å². The molecule has 0 radical (unpaired) electrons. The lowest BCUT2D eigenvalue weighted by molar-refractivity contribution is -0.154. The standard InChI is InChI=1S/C21H27N3O5/c1-4-29-17-6-5-11-24-18(14(2)22-19(17)24)16(26)7-8-21(20(27)28)9-12-23(13-10-21)15(3)25/h5-6,11H,4,7-10,12-13H2,1-3H3,(H,27,28). The van der Waals surface area contributed by atoms with Crippen LogP contribution in [0.5, 0.6) is 5.75 Å². The zero-order valence-electron chi connectivity index (χ0n) is 17.1. The molecule has 1 saturated heterocycles. The van der Waals surface area contributed by atoms with Crippen molar-refractivity contribution in [1.29, 1.82) is 0 Å². The molecule has 8 nitrogen and oxygen atoms in total. The van der Waals surface area contributed by atoms with Crippen LogP contribution < -0.4 is 4.74 Å². The van der Waals surface area contributed by atoms with Gasteiger partial charge >= 0.3 is 5.97 Å². The van der Waals surface area contributed by atoms with Crippen LogP contribution in [-0.2, 0) is 9.59 Å². The fraction of sp³-hybridized carbons (Fsp3) is 0.524. The van der Waals surface area contributed by atoms with Crippen molar-refractivity contribution in [3.05, 3.63) is 29.7 Å². The number of fused-ring (bicyclic) bond motifs is 1. The number of amides is 1. The number of aliphatic carboxylic acids is 1. The summed E-state index contributed by atoms with van der Waals surface area (Å²) in [5.74, 6) is -0.484. The zero-order valence-corrected chi connectivity index (χ0v) is 17.1. The molecule has 0 atom stereocenters. The lowest BCUT2D eigenvalue weighted by Gasteiger charge is -2.38. The number of ether oxygens (including phenoxy) is 1. The van der Waals surface area contributed by atoms with Gasteiger partial charge in [0, 0.05) is 32.6 Å². The Labute approximate surface area is 169 Å². The Bertz CT molecular complexity index is 941. The molecule has 2 aromatic rings. The van der Waals surface area contributed by atoms with Gasteiger partial charge in [0.25, 0.3) is 0 Å². The van der Waals surface area contributed by atoms with Gasteiger partial charge in [-0.2, -0.15) is 0 Å². The maximum Gasteiger partial charge on any atom is 0.309 e. The first-order chi connectivity index (χ1) is 13.8. The predicted octanol–water partition coefficient (Wildman–Crippen LogP) is 2.72. The average Bonchev–Trinajstić information content (AvgIpc) is 3.03. The molecule has 1 amide bonds. The van der Waals surface area contributed by atoms with Crippen molar-refractivity contribution in [2.45, 2.75) is 46.5 Å². The topological polar surface area (TPSA) is 101 Å². The van der Waals surface area contributed by atoms with Gasteiger partial charge in [0.15, 0.2) is 17.2 Å². The van der Waals surface area contributed by atoms with E-state index in [9.17, 15) is 19.5 Å². The molecule has 3 rings (SSSR count). The van der Waals surface area contributed by atoms with E-state index in [0.29, 0.717) is 55.3 Å². The zero-order chi connectivity index (χ0) is 21.2. The Morgan fingerprint density at radius 1 is 1.28 bits per heavy atom. The Morgan fingerprint density at radius 3 is 2.55 bits per heavy atom. The number of carboxylic acids is 1. The van der Waals surface area contributed by atoms with Gasteiger partial charge < -0.3 is 14.7 Å². The number of imidazole rings is 1. The van der Waals surface area contributed by atoms with Crippen LogP contribution in [0.1, 0.15) is 55.7 Å². The number of pyridine rings is 1. The minimum absolute atomic E-state index is 0.0495. The summed E-state index contributed by atoms with van der Waals surface area (Å²) in [6, 6.07) is 3.61. The fourth-order valence-electron chi connectivity index (χ4n) is 4.05. The molecule has 29 heavy (non-hydrogen) atoms. The van der Waals surface area contributed by atoms with Crippen LogP contribution in [0, 0.1) is 12.3 Å². The second kappa shape index (κ2) is 8.23. The normalized spacial score (nSPS) is 16.0. The van der Waals surface area contributed by atoms with E-state index in [4.69, 9.17) is 4.74 Å². The highest BCUT2D eigenvalue weighted by Crippen LogP contribution is 2.37. The van der Waals surface area contributed by atoms with Crippen molar-refractivity contribution in [3.63, 3.8) is 0 Å². The van der Waals surface area contributed by atoms with E-state index < -0.39 is 11.4 Å². The number of rotatable bonds is 7. The highest BCUT2D eigenvalue weighted by Gasteiger charge is 2.42. The first-order valence-corrected chi connectivity index (χ1v) is 9.91. The summed E-state index contributed by atoms with van der Waals surface area (Å²) in [6.45, 7) is 6.45. The molecule has 0 aliphatic carbocycles. The maximum atomic E-state index is 13.0. The first kappa shape index (κ1) is 20.8. The molecule has 1 aliphatic rings. The summed E-state index contributed by atoms with van der Waals surface area (Å²) in [4.78, 5) is 42.7. The van der Waals surface area contributed by atoms with Crippen molar-refractivity contribution in [2.24, 2.45) is 5.41 Å². The number of carbonyl (C=O) groups is 3. The number of aromatic nitrogens is 2. The highest BCUT2D eigenvalue weighted by molar-refractivity contribution is 5.97.